The van der Waals surface area contributed by atoms with E-state index in [1.54, 1.807) is 19.9 Å². The molecule has 21 heavy (non-hydrogen) atoms. The average molecular weight is 293 g/mol. The highest BCUT2D eigenvalue weighted by molar-refractivity contribution is 6.07. The van der Waals surface area contributed by atoms with Crippen LogP contribution < -0.4 is 10.6 Å². The number of anilines is 1. The van der Waals surface area contributed by atoms with Crippen molar-refractivity contribution in [2.75, 3.05) is 18.4 Å². The minimum Gasteiger partial charge on any atom is -0.322 e. The van der Waals surface area contributed by atoms with E-state index in [-0.39, 0.29) is 12.2 Å². The molecule has 1 aromatic carbocycles. The van der Waals surface area contributed by atoms with E-state index >= 15 is 0 Å². The molecule has 0 unspecified atom stereocenters. The Kier molecular flexibility index (Phi) is 4.04. The van der Waals surface area contributed by atoms with Crippen molar-refractivity contribution in [2.24, 2.45) is 0 Å². The molecule has 1 fully saturated rings. The lowest BCUT2D eigenvalue weighted by atomic mass is 10.0. The van der Waals surface area contributed by atoms with E-state index in [1.807, 2.05) is 0 Å². The van der Waals surface area contributed by atoms with Gasteiger partial charge in [-0.2, -0.15) is 0 Å². The van der Waals surface area contributed by atoms with Crippen LogP contribution in [-0.2, 0) is 14.4 Å². The molecule has 0 saturated carbocycles. The molecule has 0 atom stereocenters. The molecule has 2 rings (SSSR count). The van der Waals surface area contributed by atoms with Crippen molar-refractivity contribution in [3.8, 4) is 0 Å². The number of halogens is 1. The van der Waals surface area contributed by atoms with Crippen molar-refractivity contribution in [1.29, 1.82) is 0 Å². The van der Waals surface area contributed by atoms with Crippen molar-refractivity contribution in [3.05, 3.63) is 30.1 Å². The lowest BCUT2D eigenvalue weighted by molar-refractivity contribution is -0.154. The van der Waals surface area contributed by atoms with Crippen molar-refractivity contribution in [1.82, 2.24) is 10.2 Å². The number of imide groups is 1. The Morgan fingerprint density at radius 3 is 2.71 bits per heavy atom. The zero-order valence-electron chi connectivity index (χ0n) is 11.8. The number of benzene rings is 1. The van der Waals surface area contributed by atoms with Gasteiger partial charge in [-0.25, -0.2) is 4.39 Å². The Morgan fingerprint density at radius 2 is 2.05 bits per heavy atom. The maximum absolute atomic E-state index is 13.4. The standard InChI is InChI=1S/C14H16FN3O3/c1-14(2)13(21)18(12(20)7-16-14)8-11(19)17-10-6-4-3-5-9(10)15/h3-6,16H,7-8H2,1-2H3,(H,17,19). The van der Waals surface area contributed by atoms with Crippen molar-refractivity contribution in [2.45, 2.75) is 19.4 Å². The van der Waals surface area contributed by atoms with Crippen molar-refractivity contribution in [3.63, 3.8) is 0 Å². The van der Waals surface area contributed by atoms with Gasteiger partial charge in [0.25, 0.3) is 0 Å². The summed E-state index contributed by atoms with van der Waals surface area (Å²) in [6.07, 6.45) is 0. The summed E-state index contributed by atoms with van der Waals surface area (Å²) < 4.78 is 13.4. The van der Waals surface area contributed by atoms with Gasteiger partial charge in [-0.3, -0.25) is 24.6 Å². The predicted octanol–water partition coefficient (Wildman–Crippen LogP) is 0.501. The van der Waals surface area contributed by atoms with Gasteiger partial charge in [-0.15, -0.1) is 0 Å². The fourth-order valence-corrected chi connectivity index (χ4v) is 1.97. The zero-order chi connectivity index (χ0) is 15.6. The molecule has 3 amide bonds. The normalized spacial score (nSPS) is 17.8. The van der Waals surface area contributed by atoms with Crippen LogP contribution in [0, 0.1) is 5.82 Å². The van der Waals surface area contributed by atoms with Crippen molar-refractivity contribution >= 4 is 23.4 Å². The van der Waals surface area contributed by atoms with Crippen LogP contribution in [-0.4, -0.2) is 41.2 Å². The van der Waals surface area contributed by atoms with Gasteiger partial charge in [-0.1, -0.05) is 12.1 Å². The van der Waals surface area contributed by atoms with Gasteiger partial charge >= 0.3 is 0 Å². The van der Waals surface area contributed by atoms with Crippen LogP contribution in [0.15, 0.2) is 24.3 Å². The molecule has 0 aliphatic carbocycles. The second-order valence-corrected chi connectivity index (χ2v) is 5.29. The monoisotopic (exact) mass is 293 g/mol. The van der Waals surface area contributed by atoms with Gasteiger partial charge in [-0.05, 0) is 26.0 Å². The van der Waals surface area contributed by atoms with Gasteiger partial charge in [0.15, 0.2) is 0 Å². The fourth-order valence-electron chi connectivity index (χ4n) is 1.97. The largest absolute Gasteiger partial charge is 0.322 e. The average Bonchev–Trinajstić information content (AvgIpc) is 2.42. The predicted molar refractivity (Wildman–Crippen MR) is 73.8 cm³/mol. The zero-order valence-corrected chi connectivity index (χ0v) is 11.8. The summed E-state index contributed by atoms with van der Waals surface area (Å²) in [5.41, 5.74) is -0.900. The first-order valence-electron chi connectivity index (χ1n) is 6.45. The molecule has 1 aromatic rings. The molecule has 112 valence electrons. The van der Waals surface area contributed by atoms with Crippen LogP contribution in [0.25, 0.3) is 0 Å². The van der Waals surface area contributed by atoms with Gasteiger partial charge in [0.1, 0.15) is 12.4 Å². The van der Waals surface area contributed by atoms with Crippen LogP contribution in [0.4, 0.5) is 10.1 Å². The third-order valence-electron chi connectivity index (χ3n) is 3.21. The van der Waals surface area contributed by atoms with Crippen molar-refractivity contribution < 1.29 is 18.8 Å². The van der Waals surface area contributed by atoms with Crippen LogP contribution in [0.2, 0.25) is 0 Å². The second kappa shape index (κ2) is 5.61. The number of piperazine rings is 1. The summed E-state index contributed by atoms with van der Waals surface area (Å²) in [6, 6.07) is 5.68. The Bertz CT molecular complexity index is 601. The molecule has 0 aromatic heterocycles. The number of amides is 3. The highest BCUT2D eigenvalue weighted by Crippen LogP contribution is 2.15. The van der Waals surface area contributed by atoms with E-state index in [1.165, 1.54) is 18.2 Å². The van der Waals surface area contributed by atoms with E-state index in [9.17, 15) is 18.8 Å². The minimum atomic E-state index is -0.911. The van der Waals surface area contributed by atoms with Crippen LogP contribution in [0.5, 0.6) is 0 Å². The van der Waals surface area contributed by atoms with Gasteiger partial charge < -0.3 is 5.32 Å². The number of carbonyl (C=O) groups excluding carboxylic acids is 3. The molecule has 7 heteroatoms. The maximum Gasteiger partial charge on any atom is 0.249 e. The Balaban J connectivity index is 2.06. The lowest BCUT2D eigenvalue weighted by Crippen LogP contribution is -2.64. The van der Waals surface area contributed by atoms with Crippen LogP contribution in [0.1, 0.15) is 13.8 Å². The Morgan fingerprint density at radius 1 is 1.38 bits per heavy atom. The highest BCUT2D eigenvalue weighted by Gasteiger charge is 2.40. The minimum absolute atomic E-state index is 0.0109. The molecule has 2 N–H and O–H groups in total. The third-order valence-corrected chi connectivity index (χ3v) is 3.21. The SMILES string of the molecule is CC1(C)NCC(=O)N(CC(=O)Nc2ccccc2F)C1=O. The van der Waals surface area contributed by atoms with E-state index in [0.717, 1.165) is 4.90 Å². The molecule has 0 radical (unpaired) electrons. The van der Waals surface area contributed by atoms with Gasteiger partial charge in [0.2, 0.25) is 17.7 Å². The molecular formula is C14H16FN3O3. The number of hydrogen-bond acceptors (Lipinski definition) is 4. The molecule has 1 heterocycles. The summed E-state index contributed by atoms with van der Waals surface area (Å²) in [5, 5.41) is 5.13. The second-order valence-electron chi connectivity index (χ2n) is 5.29. The number of nitrogens with one attached hydrogen (secondary N) is 2. The van der Waals surface area contributed by atoms with E-state index in [4.69, 9.17) is 0 Å². The topological polar surface area (TPSA) is 78.5 Å². The Hall–Kier alpha value is -2.28. The summed E-state index contributed by atoms with van der Waals surface area (Å²) >= 11 is 0. The molecule has 1 aliphatic rings. The number of para-hydroxylation sites is 1. The number of hydrogen-bond donors (Lipinski definition) is 2. The quantitative estimate of drug-likeness (QED) is 0.796. The van der Waals surface area contributed by atoms with Gasteiger partial charge in [0.05, 0.1) is 17.8 Å². The van der Waals surface area contributed by atoms with Crippen LogP contribution in [0.3, 0.4) is 0 Å². The van der Waals surface area contributed by atoms with Crippen LogP contribution >= 0.6 is 0 Å². The Labute approximate surface area is 121 Å². The summed E-state index contributed by atoms with van der Waals surface area (Å²) in [6.45, 7) is 2.80. The summed E-state index contributed by atoms with van der Waals surface area (Å²) in [7, 11) is 0. The summed E-state index contributed by atoms with van der Waals surface area (Å²) in [5.74, 6) is -2.17. The number of carbonyl (C=O) groups is 3. The summed E-state index contributed by atoms with van der Waals surface area (Å²) in [4.78, 5) is 36.6. The smallest absolute Gasteiger partial charge is 0.249 e. The maximum atomic E-state index is 13.4. The molecule has 0 bridgehead atoms. The third kappa shape index (κ3) is 3.25. The molecular weight excluding hydrogens is 277 g/mol. The molecule has 1 saturated heterocycles. The van der Waals surface area contributed by atoms with E-state index < -0.39 is 35.6 Å². The molecule has 1 aliphatic heterocycles. The molecule has 6 nitrogen and oxygen atoms in total. The van der Waals surface area contributed by atoms with E-state index in [2.05, 4.69) is 10.6 Å². The fraction of sp³-hybridized carbons (Fsp3) is 0.357. The number of nitrogens with zero attached hydrogens (tertiary/aromatic N) is 1. The first kappa shape index (κ1) is 15.1. The highest BCUT2D eigenvalue weighted by atomic mass is 19.1. The lowest BCUT2D eigenvalue weighted by Gasteiger charge is -2.36. The van der Waals surface area contributed by atoms with Gasteiger partial charge in [0, 0.05) is 0 Å². The first-order valence-corrected chi connectivity index (χ1v) is 6.45. The van der Waals surface area contributed by atoms with E-state index in [0.29, 0.717) is 0 Å². The number of rotatable bonds is 3. The molecule has 0 spiro atoms. The first-order chi connectivity index (χ1) is 9.81.